The fraction of sp³-hybridized carbons (Fsp3) is 0.0714. The van der Waals surface area contributed by atoms with Crippen LogP contribution >= 0.6 is 31.9 Å². The van der Waals surface area contributed by atoms with E-state index in [-0.39, 0.29) is 11.3 Å². The third kappa shape index (κ3) is 3.48. The molecule has 5 nitrogen and oxygen atoms in total. The number of aryl methyl sites for hydroxylation is 1. The number of halogens is 2. The summed E-state index contributed by atoms with van der Waals surface area (Å²) in [5.74, 6) is -1.48. The Kier molecular flexibility index (Phi) is 4.74. The van der Waals surface area contributed by atoms with Crippen LogP contribution in [0.1, 0.15) is 26.5 Å². The smallest absolute Gasteiger partial charge is 0.337 e. The van der Waals surface area contributed by atoms with Gasteiger partial charge in [0.25, 0.3) is 5.91 Å². The van der Waals surface area contributed by atoms with E-state index in [4.69, 9.17) is 5.11 Å². The first-order valence-corrected chi connectivity index (χ1v) is 7.45. The van der Waals surface area contributed by atoms with Crippen molar-refractivity contribution in [1.29, 1.82) is 0 Å². The molecule has 0 bridgehead atoms. The Morgan fingerprint density at radius 2 is 1.76 bits per heavy atom. The predicted molar refractivity (Wildman–Crippen MR) is 85.7 cm³/mol. The summed E-state index contributed by atoms with van der Waals surface area (Å²) in [7, 11) is 0. The molecule has 1 aromatic carbocycles. The molecule has 0 fully saturated rings. The molecule has 2 N–H and O–H groups in total. The van der Waals surface area contributed by atoms with Crippen molar-refractivity contribution < 1.29 is 14.7 Å². The number of carboxylic acids is 1. The largest absolute Gasteiger partial charge is 0.478 e. The van der Waals surface area contributed by atoms with Crippen molar-refractivity contribution >= 4 is 49.4 Å². The van der Waals surface area contributed by atoms with E-state index in [1.165, 1.54) is 12.1 Å². The van der Waals surface area contributed by atoms with E-state index in [1.54, 1.807) is 19.1 Å². The number of hydrogen-bond acceptors (Lipinski definition) is 3. The molecule has 2 aromatic rings. The maximum absolute atomic E-state index is 12.2. The van der Waals surface area contributed by atoms with Gasteiger partial charge in [-0.3, -0.25) is 4.79 Å². The van der Waals surface area contributed by atoms with Gasteiger partial charge in [-0.05, 0) is 63.0 Å². The second-order valence-electron chi connectivity index (χ2n) is 4.19. The Bertz CT molecular complexity index is 712. The summed E-state index contributed by atoms with van der Waals surface area (Å²) in [5, 5.41) is 11.7. The highest BCUT2D eigenvalue weighted by atomic mass is 79.9. The molecule has 0 aliphatic rings. The van der Waals surface area contributed by atoms with Gasteiger partial charge < -0.3 is 10.4 Å². The topological polar surface area (TPSA) is 79.3 Å². The Balaban J connectivity index is 2.29. The lowest BCUT2D eigenvalue weighted by molar-refractivity contribution is 0.0695. The lowest BCUT2D eigenvalue weighted by Gasteiger charge is -2.10. The summed E-state index contributed by atoms with van der Waals surface area (Å²) in [5.41, 5.74) is 1.11. The number of rotatable bonds is 3. The average Bonchev–Trinajstić information content (AvgIpc) is 2.42. The fourth-order valence-corrected chi connectivity index (χ4v) is 2.91. The Hall–Kier alpha value is -1.73. The number of benzene rings is 1. The highest BCUT2D eigenvalue weighted by Crippen LogP contribution is 2.30. The van der Waals surface area contributed by atoms with Crippen LogP contribution in [0.25, 0.3) is 0 Å². The van der Waals surface area contributed by atoms with Crippen molar-refractivity contribution in [1.82, 2.24) is 4.98 Å². The number of amides is 1. The lowest BCUT2D eigenvalue weighted by atomic mass is 10.2. The van der Waals surface area contributed by atoms with Gasteiger partial charge in [0.2, 0.25) is 0 Å². The van der Waals surface area contributed by atoms with Gasteiger partial charge in [0.1, 0.15) is 5.69 Å². The van der Waals surface area contributed by atoms with Gasteiger partial charge in [-0.1, -0.05) is 6.07 Å². The monoisotopic (exact) mass is 412 g/mol. The molecular weight excluding hydrogens is 404 g/mol. The quantitative estimate of drug-likeness (QED) is 0.800. The number of carboxylic acid groups (broad SMARTS) is 1. The molecule has 0 unspecified atom stereocenters. The second kappa shape index (κ2) is 6.36. The van der Waals surface area contributed by atoms with Crippen LogP contribution < -0.4 is 5.32 Å². The summed E-state index contributed by atoms with van der Waals surface area (Å²) >= 11 is 6.70. The minimum Gasteiger partial charge on any atom is -0.478 e. The van der Waals surface area contributed by atoms with Gasteiger partial charge in [-0.25, -0.2) is 9.78 Å². The summed E-state index contributed by atoms with van der Waals surface area (Å²) in [6.45, 7) is 1.55. The SMILES string of the molecule is Cc1nc(C(=O)Nc2c(Br)cccc2Br)ccc1C(=O)O. The molecule has 1 heterocycles. The molecular formula is C14H10Br2N2O3. The minimum atomic E-state index is -1.07. The van der Waals surface area contributed by atoms with E-state index in [1.807, 2.05) is 6.07 Å². The van der Waals surface area contributed by atoms with Gasteiger partial charge >= 0.3 is 5.97 Å². The first kappa shape index (κ1) is 15.7. The maximum Gasteiger partial charge on any atom is 0.337 e. The molecule has 0 aliphatic carbocycles. The van der Waals surface area contributed by atoms with Crippen LogP contribution in [0.3, 0.4) is 0 Å². The normalized spacial score (nSPS) is 10.2. The minimum absolute atomic E-state index is 0.0774. The van der Waals surface area contributed by atoms with Gasteiger partial charge in [-0.15, -0.1) is 0 Å². The first-order chi connectivity index (χ1) is 9.90. The molecule has 0 atom stereocenters. The lowest BCUT2D eigenvalue weighted by Crippen LogP contribution is -2.16. The van der Waals surface area contributed by atoms with Crippen molar-refractivity contribution in [3.63, 3.8) is 0 Å². The maximum atomic E-state index is 12.2. The second-order valence-corrected chi connectivity index (χ2v) is 5.89. The summed E-state index contributed by atoms with van der Waals surface area (Å²) in [6, 6.07) is 8.18. The van der Waals surface area contributed by atoms with E-state index in [0.717, 1.165) is 8.95 Å². The van der Waals surface area contributed by atoms with E-state index >= 15 is 0 Å². The summed E-state index contributed by atoms with van der Waals surface area (Å²) < 4.78 is 1.45. The van der Waals surface area contributed by atoms with Crippen molar-refractivity contribution in [2.24, 2.45) is 0 Å². The van der Waals surface area contributed by atoms with Crippen molar-refractivity contribution in [2.45, 2.75) is 6.92 Å². The molecule has 0 spiro atoms. The molecule has 1 aromatic heterocycles. The predicted octanol–water partition coefficient (Wildman–Crippen LogP) is 3.87. The number of aromatic nitrogens is 1. The third-order valence-corrected chi connectivity index (χ3v) is 4.07. The molecule has 108 valence electrons. The van der Waals surface area contributed by atoms with Crippen LogP contribution in [0.15, 0.2) is 39.3 Å². The van der Waals surface area contributed by atoms with Crippen LogP contribution in [0.2, 0.25) is 0 Å². The third-order valence-electron chi connectivity index (χ3n) is 2.75. The number of pyridine rings is 1. The van der Waals surface area contributed by atoms with Crippen LogP contribution in [0.5, 0.6) is 0 Å². The van der Waals surface area contributed by atoms with E-state index in [0.29, 0.717) is 11.4 Å². The van der Waals surface area contributed by atoms with Gasteiger partial charge in [-0.2, -0.15) is 0 Å². The Morgan fingerprint density at radius 1 is 1.14 bits per heavy atom. The Morgan fingerprint density at radius 3 is 2.29 bits per heavy atom. The number of para-hydroxylation sites is 1. The standard InChI is InChI=1S/C14H10Br2N2O3/c1-7-8(14(20)21)5-6-11(17-7)13(19)18-12-9(15)3-2-4-10(12)16/h2-6H,1H3,(H,18,19)(H,20,21). The van der Waals surface area contributed by atoms with E-state index < -0.39 is 11.9 Å². The van der Waals surface area contributed by atoms with Crippen molar-refractivity contribution in [3.8, 4) is 0 Å². The van der Waals surface area contributed by atoms with Crippen LogP contribution in [-0.4, -0.2) is 22.0 Å². The van der Waals surface area contributed by atoms with Gasteiger partial charge in [0.05, 0.1) is 16.9 Å². The molecule has 0 radical (unpaired) electrons. The summed E-state index contributed by atoms with van der Waals surface area (Å²) in [4.78, 5) is 27.1. The van der Waals surface area contributed by atoms with Crippen molar-refractivity contribution in [3.05, 3.63) is 56.2 Å². The van der Waals surface area contributed by atoms with Gasteiger partial charge in [0, 0.05) is 8.95 Å². The number of aromatic carboxylic acids is 1. The number of carbonyl (C=O) groups is 2. The highest BCUT2D eigenvalue weighted by molar-refractivity contribution is 9.11. The van der Waals surface area contributed by atoms with Crippen LogP contribution in [0.4, 0.5) is 5.69 Å². The molecule has 2 rings (SSSR count). The van der Waals surface area contributed by atoms with E-state index in [2.05, 4.69) is 42.2 Å². The van der Waals surface area contributed by atoms with Crippen molar-refractivity contribution in [2.75, 3.05) is 5.32 Å². The van der Waals surface area contributed by atoms with Gasteiger partial charge in [0.15, 0.2) is 0 Å². The number of anilines is 1. The zero-order valence-corrected chi connectivity index (χ0v) is 14.0. The zero-order valence-electron chi connectivity index (χ0n) is 10.9. The molecule has 21 heavy (non-hydrogen) atoms. The first-order valence-electron chi connectivity index (χ1n) is 5.86. The fourth-order valence-electron chi connectivity index (χ4n) is 1.71. The number of hydrogen-bond donors (Lipinski definition) is 2. The molecule has 7 heteroatoms. The molecule has 0 saturated heterocycles. The average molecular weight is 414 g/mol. The highest BCUT2D eigenvalue weighted by Gasteiger charge is 2.15. The molecule has 0 aliphatic heterocycles. The van der Waals surface area contributed by atoms with E-state index in [9.17, 15) is 9.59 Å². The Labute approximate surface area is 137 Å². The van der Waals surface area contributed by atoms with Crippen LogP contribution in [0, 0.1) is 6.92 Å². The number of nitrogens with one attached hydrogen (secondary N) is 1. The number of nitrogens with zero attached hydrogens (tertiary/aromatic N) is 1. The number of carbonyl (C=O) groups excluding carboxylic acids is 1. The zero-order chi connectivity index (χ0) is 15.6. The molecule has 1 amide bonds. The molecule has 0 saturated carbocycles. The summed E-state index contributed by atoms with van der Waals surface area (Å²) in [6.07, 6.45) is 0. The van der Waals surface area contributed by atoms with Crippen LogP contribution in [-0.2, 0) is 0 Å².